The Morgan fingerprint density at radius 1 is 1.25 bits per heavy atom. The molecule has 1 rings (SSSR count). The number of hydrogen-bond acceptors (Lipinski definition) is 3. The average Bonchev–Trinajstić information content (AvgIpc) is 2.26. The lowest BCUT2D eigenvalue weighted by molar-refractivity contribution is -0.116. The third kappa shape index (κ3) is 3.85. The van der Waals surface area contributed by atoms with Crippen LogP contribution in [-0.2, 0) is 4.79 Å². The van der Waals surface area contributed by atoms with E-state index in [0.29, 0.717) is 24.3 Å². The van der Waals surface area contributed by atoms with Crippen molar-refractivity contribution in [1.82, 2.24) is 0 Å². The molecule has 0 amide bonds. The second-order valence-corrected chi connectivity index (χ2v) is 3.59. The summed E-state index contributed by atoms with van der Waals surface area (Å²) in [6.45, 7) is 3.96. The van der Waals surface area contributed by atoms with Crippen molar-refractivity contribution in [2.75, 3.05) is 6.61 Å². The maximum atomic E-state index is 11.7. The van der Waals surface area contributed by atoms with Crippen molar-refractivity contribution in [3.05, 3.63) is 29.8 Å². The van der Waals surface area contributed by atoms with Gasteiger partial charge in [0.15, 0.2) is 5.78 Å². The van der Waals surface area contributed by atoms with E-state index in [1.54, 1.807) is 18.2 Å². The van der Waals surface area contributed by atoms with Crippen molar-refractivity contribution in [3.63, 3.8) is 0 Å². The van der Waals surface area contributed by atoms with Gasteiger partial charge in [0, 0.05) is 18.4 Å². The Kier molecular flexibility index (Phi) is 4.70. The number of carbonyl (C=O) groups excluding carboxylic acids is 2. The van der Waals surface area contributed by atoms with E-state index in [-0.39, 0.29) is 18.0 Å². The zero-order valence-corrected chi connectivity index (χ0v) is 9.66. The molecule has 86 valence electrons. The van der Waals surface area contributed by atoms with Gasteiger partial charge >= 0.3 is 0 Å². The van der Waals surface area contributed by atoms with E-state index in [9.17, 15) is 9.59 Å². The Labute approximate surface area is 95.4 Å². The number of rotatable bonds is 6. The normalized spacial score (nSPS) is 9.88. The Morgan fingerprint density at radius 2 is 2.00 bits per heavy atom. The maximum Gasteiger partial charge on any atom is 0.163 e. The number of hydrogen-bond donors (Lipinski definition) is 0. The van der Waals surface area contributed by atoms with E-state index in [4.69, 9.17) is 4.74 Å². The third-order valence-corrected chi connectivity index (χ3v) is 2.17. The minimum atomic E-state index is -0.0169. The van der Waals surface area contributed by atoms with Crippen LogP contribution >= 0.6 is 0 Å². The SMILES string of the molecule is CCOc1cccc(C(=O)CCC(C)=O)c1. The summed E-state index contributed by atoms with van der Waals surface area (Å²) >= 11 is 0. The van der Waals surface area contributed by atoms with Gasteiger partial charge in [-0.25, -0.2) is 0 Å². The molecule has 1 aromatic carbocycles. The van der Waals surface area contributed by atoms with Crippen molar-refractivity contribution < 1.29 is 14.3 Å². The van der Waals surface area contributed by atoms with Gasteiger partial charge in [0.1, 0.15) is 11.5 Å². The summed E-state index contributed by atoms with van der Waals surface area (Å²) in [5.41, 5.74) is 0.604. The third-order valence-electron chi connectivity index (χ3n) is 2.17. The molecule has 0 saturated heterocycles. The minimum absolute atomic E-state index is 0.0169. The first-order valence-corrected chi connectivity index (χ1v) is 5.39. The Hall–Kier alpha value is -1.64. The lowest BCUT2D eigenvalue weighted by Gasteiger charge is -2.04. The van der Waals surface area contributed by atoms with Crippen molar-refractivity contribution in [3.8, 4) is 5.75 Å². The molecule has 0 aromatic heterocycles. The monoisotopic (exact) mass is 220 g/mol. The summed E-state index contributed by atoms with van der Waals surface area (Å²) in [4.78, 5) is 22.5. The van der Waals surface area contributed by atoms with Gasteiger partial charge in [0.2, 0.25) is 0 Å². The molecule has 0 N–H and O–H groups in total. The van der Waals surface area contributed by atoms with Crippen LogP contribution in [0.5, 0.6) is 5.75 Å². The van der Waals surface area contributed by atoms with Crippen LogP contribution < -0.4 is 4.74 Å². The largest absolute Gasteiger partial charge is 0.494 e. The van der Waals surface area contributed by atoms with E-state index >= 15 is 0 Å². The van der Waals surface area contributed by atoms with Gasteiger partial charge in [-0.3, -0.25) is 4.79 Å². The molecule has 0 aliphatic carbocycles. The highest BCUT2D eigenvalue weighted by molar-refractivity contribution is 5.98. The molecule has 16 heavy (non-hydrogen) atoms. The molecule has 0 spiro atoms. The molecule has 3 heteroatoms. The molecule has 0 radical (unpaired) electrons. The van der Waals surface area contributed by atoms with Crippen LogP contribution in [0.2, 0.25) is 0 Å². The number of benzene rings is 1. The van der Waals surface area contributed by atoms with Crippen molar-refractivity contribution in [2.45, 2.75) is 26.7 Å². The van der Waals surface area contributed by atoms with Gasteiger partial charge in [-0.1, -0.05) is 12.1 Å². The predicted octanol–water partition coefficient (Wildman–Crippen LogP) is 2.64. The molecule has 0 saturated carbocycles. The molecule has 3 nitrogen and oxygen atoms in total. The zero-order valence-electron chi connectivity index (χ0n) is 9.66. The van der Waals surface area contributed by atoms with Crippen LogP contribution in [0.25, 0.3) is 0 Å². The molecule has 0 aliphatic heterocycles. The summed E-state index contributed by atoms with van der Waals surface area (Å²) in [7, 11) is 0. The number of Topliss-reactive ketones (excluding diaryl/α,β-unsaturated/α-hetero) is 2. The van der Waals surface area contributed by atoms with Gasteiger partial charge in [0.25, 0.3) is 0 Å². The van der Waals surface area contributed by atoms with Crippen molar-refractivity contribution in [2.24, 2.45) is 0 Å². The van der Waals surface area contributed by atoms with Crippen molar-refractivity contribution in [1.29, 1.82) is 0 Å². The molecular weight excluding hydrogens is 204 g/mol. The van der Waals surface area contributed by atoms with Gasteiger partial charge in [-0.05, 0) is 26.0 Å². The molecule has 0 bridgehead atoms. The maximum absolute atomic E-state index is 11.7. The molecule has 0 atom stereocenters. The number of carbonyl (C=O) groups is 2. The predicted molar refractivity (Wildman–Crippen MR) is 61.9 cm³/mol. The van der Waals surface area contributed by atoms with Crippen LogP contribution in [0.1, 0.15) is 37.0 Å². The van der Waals surface area contributed by atoms with E-state index in [2.05, 4.69) is 0 Å². The Morgan fingerprint density at radius 3 is 2.62 bits per heavy atom. The summed E-state index contributed by atoms with van der Waals surface area (Å²) in [6.07, 6.45) is 0.572. The minimum Gasteiger partial charge on any atom is -0.494 e. The number of ether oxygens (including phenoxy) is 1. The second-order valence-electron chi connectivity index (χ2n) is 3.59. The van der Waals surface area contributed by atoms with Crippen LogP contribution in [-0.4, -0.2) is 18.2 Å². The van der Waals surface area contributed by atoms with Crippen molar-refractivity contribution >= 4 is 11.6 Å². The fourth-order valence-electron chi connectivity index (χ4n) is 1.36. The van der Waals surface area contributed by atoms with Gasteiger partial charge < -0.3 is 9.53 Å². The topological polar surface area (TPSA) is 43.4 Å². The Balaban J connectivity index is 2.67. The molecule has 0 fully saturated rings. The second kappa shape index (κ2) is 6.05. The fourth-order valence-corrected chi connectivity index (χ4v) is 1.36. The highest BCUT2D eigenvalue weighted by Crippen LogP contribution is 2.15. The summed E-state index contributed by atoms with van der Waals surface area (Å²) in [6, 6.07) is 7.05. The summed E-state index contributed by atoms with van der Waals surface area (Å²) in [5.74, 6) is 0.710. The van der Waals surface area contributed by atoms with Gasteiger partial charge in [0.05, 0.1) is 6.61 Å². The molecular formula is C13H16O3. The molecule has 0 aliphatic rings. The zero-order chi connectivity index (χ0) is 12.0. The van der Waals surface area contributed by atoms with E-state index in [0.717, 1.165) is 0 Å². The summed E-state index contributed by atoms with van der Waals surface area (Å²) < 4.78 is 5.30. The highest BCUT2D eigenvalue weighted by Gasteiger charge is 2.07. The number of ketones is 2. The standard InChI is InChI=1S/C13H16O3/c1-3-16-12-6-4-5-11(9-12)13(15)8-7-10(2)14/h4-6,9H,3,7-8H2,1-2H3. The lowest BCUT2D eigenvalue weighted by Crippen LogP contribution is -2.02. The highest BCUT2D eigenvalue weighted by atomic mass is 16.5. The van der Waals surface area contributed by atoms with E-state index in [1.165, 1.54) is 6.92 Å². The Bertz CT molecular complexity index is 383. The van der Waals surface area contributed by atoms with Gasteiger partial charge in [-0.2, -0.15) is 0 Å². The van der Waals surface area contributed by atoms with Gasteiger partial charge in [-0.15, -0.1) is 0 Å². The molecule has 0 unspecified atom stereocenters. The quantitative estimate of drug-likeness (QED) is 0.692. The molecule has 1 aromatic rings. The first-order chi connectivity index (χ1) is 7.63. The van der Waals surface area contributed by atoms with Crippen LogP contribution in [0.15, 0.2) is 24.3 Å². The van der Waals surface area contributed by atoms with Crippen LogP contribution in [0, 0.1) is 0 Å². The average molecular weight is 220 g/mol. The van der Waals surface area contributed by atoms with Crippen LogP contribution in [0.3, 0.4) is 0 Å². The first-order valence-electron chi connectivity index (χ1n) is 5.39. The van der Waals surface area contributed by atoms with E-state index < -0.39 is 0 Å². The lowest BCUT2D eigenvalue weighted by atomic mass is 10.1. The fraction of sp³-hybridized carbons (Fsp3) is 0.385. The first kappa shape index (κ1) is 12.4. The van der Waals surface area contributed by atoms with Crippen LogP contribution in [0.4, 0.5) is 0 Å². The smallest absolute Gasteiger partial charge is 0.163 e. The molecule has 0 heterocycles. The van der Waals surface area contributed by atoms with E-state index in [1.807, 2.05) is 13.0 Å². The summed E-state index contributed by atoms with van der Waals surface area (Å²) in [5, 5.41) is 0.